The van der Waals surface area contributed by atoms with Gasteiger partial charge in [0.05, 0.1) is 12.5 Å². The molecule has 0 aromatic heterocycles. The first kappa shape index (κ1) is 11.5. The van der Waals surface area contributed by atoms with Gasteiger partial charge in [-0.1, -0.05) is 15.9 Å². The second kappa shape index (κ2) is 4.80. The number of halogens is 2. The zero-order valence-electron chi connectivity index (χ0n) is 7.88. The highest BCUT2D eigenvalue weighted by Crippen LogP contribution is 2.24. The summed E-state index contributed by atoms with van der Waals surface area (Å²) in [6.45, 7) is 1.65. The van der Waals surface area contributed by atoms with Crippen LogP contribution in [0.3, 0.4) is 0 Å². The van der Waals surface area contributed by atoms with E-state index < -0.39 is 5.38 Å². The average molecular weight is 278 g/mol. The summed E-state index contributed by atoms with van der Waals surface area (Å²) in [7, 11) is 1.56. The molecule has 1 aromatic carbocycles. The SMILES string of the molecule is COc1ccc(Br)c(C(=O)C(C)Cl)c1. The minimum Gasteiger partial charge on any atom is -0.497 e. The van der Waals surface area contributed by atoms with Gasteiger partial charge >= 0.3 is 0 Å². The fraction of sp³-hybridized carbons (Fsp3) is 0.300. The Morgan fingerprint density at radius 3 is 2.71 bits per heavy atom. The maximum Gasteiger partial charge on any atom is 0.181 e. The smallest absolute Gasteiger partial charge is 0.181 e. The third-order valence-corrected chi connectivity index (χ3v) is 2.69. The van der Waals surface area contributed by atoms with E-state index in [1.165, 1.54) is 0 Å². The Morgan fingerprint density at radius 2 is 2.21 bits per heavy atom. The molecular weight excluding hydrogens is 267 g/mol. The van der Waals surface area contributed by atoms with Crippen LogP contribution in [0.4, 0.5) is 0 Å². The molecule has 0 radical (unpaired) electrons. The van der Waals surface area contributed by atoms with Gasteiger partial charge in [-0.25, -0.2) is 0 Å². The molecule has 14 heavy (non-hydrogen) atoms. The Balaban J connectivity index is 3.12. The number of ether oxygens (including phenoxy) is 1. The van der Waals surface area contributed by atoms with Crippen LogP contribution in [0.2, 0.25) is 0 Å². The van der Waals surface area contributed by atoms with Crippen LogP contribution in [-0.2, 0) is 0 Å². The third-order valence-electron chi connectivity index (χ3n) is 1.80. The number of hydrogen-bond acceptors (Lipinski definition) is 2. The van der Waals surface area contributed by atoms with Crippen molar-refractivity contribution in [1.29, 1.82) is 0 Å². The van der Waals surface area contributed by atoms with Crippen molar-refractivity contribution in [2.24, 2.45) is 0 Å². The first-order valence-corrected chi connectivity index (χ1v) is 5.31. The molecule has 0 bridgehead atoms. The van der Waals surface area contributed by atoms with E-state index in [1.54, 1.807) is 32.2 Å². The summed E-state index contributed by atoms with van der Waals surface area (Å²) in [5.41, 5.74) is 0.548. The van der Waals surface area contributed by atoms with Crippen LogP contribution in [0.5, 0.6) is 5.75 Å². The zero-order valence-corrected chi connectivity index (χ0v) is 10.2. The molecule has 0 aliphatic heterocycles. The molecule has 76 valence electrons. The first-order valence-electron chi connectivity index (χ1n) is 4.08. The van der Waals surface area contributed by atoms with E-state index in [0.717, 1.165) is 4.47 Å². The number of benzene rings is 1. The third kappa shape index (κ3) is 2.49. The van der Waals surface area contributed by atoms with Crippen molar-refractivity contribution in [2.75, 3.05) is 7.11 Å². The maximum absolute atomic E-state index is 11.6. The van der Waals surface area contributed by atoms with E-state index in [2.05, 4.69) is 15.9 Å². The molecule has 0 spiro atoms. The largest absolute Gasteiger partial charge is 0.497 e. The van der Waals surface area contributed by atoms with E-state index in [-0.39, 0.29) is 5.78 Å². The van der Waals surface area contributed by atoms with Gasteiger partial charge in [-0.2, -0.15) is 0 Å². The number of rotatable bonds is 3. The highest BCUT2D eigenvalue weighted by Gasteiger charge is 2.15. The Kier molecular flexibility index (Phi) is 3.96. The van der Waals surface area contributed by atoms with Gasteiger partial charge in [0.1, 0.15) is 5.75 Å². The fourth-order valence-corrected chi connectivity index (χ4v) is 1.59. The van der Waals surface area contributed by atoms with Gasteiger partial charge in [-0.15, -0.1) is 11.6 Å². The predicted octanol–water partition coefficient (Wildman–Crippen LogP) is 3.27. The van der Waals surface area contributed by atoms with E-state index in [0.29, 0.717) is 11.3 Å². The Bertz CT molecular complexity index is 350. The first-order chi connectivity index (χ1) is 6.56. The lowest BCUT2D eigenvalue weighted by atomic mass is 10.1. The van der Waals surface area contributed by atoms with E-state index >= 15 is 0 Å². The molecule has 0 N–H and O–H groups in total. The van der Waals surface area contributed by atoms with Gasteiger partial charge in [-0.05, 0) is 25.1 Å². The Hall–Kier alpha value is -0.540. The van der Waals surface area contributed by atoms with Crippen molar-refractivity contribution in [3.63, 3.8) is 0 Å². The summed E-state index contributed by atoms with van der Waals surface area (Å²) in [5, 5.41) is -0.529. The van der Waals surface area contributed by atoms with Crippen molar-refractivity contribution in [2.45, 2.75) is 12.3 Å². The molecule has 1 aromatic rings. The highest BCUT2D eigenvalue weighted by atomic mass is 79.9. The lowest BCUT2D eigenvalue weighted by Crippen LogP contribution is -2.11. The highest BCUT2D eigenvalue weighted by molar-refractivity contribution is 9.10. The number of methoxy groups -OCH3 is 1. The molecule has 0 saturated heterocycles. The van der Waals surface area contributed by atoms with Gasteiger partial charge in [0, 0.05) is 10.0 Å². The normalized spacial score (nSPS) is 12.3. The zero-order chi connectivity index (χ0) is 10.7. The molecule has 0 aliphatic rings. The number of hydrogen-bond donors (Lipinski definition) is 0. The maximum atomic E-state index is 11.6. The van der Waals surface area contributed by atoms with Crippen molar-refractivity contribution in [3.8, 4) is 5.75 Å². The summed E-state index contributed by atoms with van der Waals surface area (Å²) in [6.07, 6.45) is 0. The minimum absolute atomic E-state index is 0.113. The molecule has 0 saturated carbocycles. The Morgan fingerprint density at radius 1 is 1.57 bits per heavy atom. The average Bonchev–Trinajstić information content (AvgIpc) is 2.17. The standard InChI is InChI=1S/C10H10BrClO2/c1-6(12)10(13)8-5-7(14-2)3-4-9(8)11/h3-6H,1-2H3. The van der Waals surface area contributed by atoms with Gasteiger partial charge in [0.25, 0.3) is 0 Å². The van der Waals surface area contributed by atoms with Crippen LogP contribution in [0, 0.1) is 0 Å². The molecule has 0 fully saturated rings. The minimum atomic E-state index is -0.529. The van der Waals surface area contributed by atoms with E-state index in [4.69, 9.17) is 16.3 Å². The number of ketones is 1. The van der Waals surface area contributed by atoms with Crippen LogP contribution >= 0.6 is 27.5 Å². The molecular formula is C10H10BrClO2. The molecule has 1 rings (SSSR count). The van der Waals surface area contributed by atoms with Crippen LogP contribution < -0.4 is 4.74 Å². The second-order valence-corrected chi connectivity index (χ2v) is 4.34. The van der Waals surface area contributed by atoms with E-state index in [9.17, 15) is 4.79 Å². The molecule has 1 unspecified atom stereocenters. The van der Waals surface area contributed by atoms with Gasteiger partial charge in [-0.3, -0.25) is 4.79 Å². The predicted molar refractivity (Wildman–Crippen MR) is 60.3 cm³/mol. The van der Waals surface area contributed by atoms with Crippen LogP contribution in [-0.4, -0.2) is 18.3 Å². The Labute approximate surface area is 96.3 Å². The quantitative estimate of drug-likeness (QED) is 0.626. The summed E-state index contributed by atoms with van der Waals surface area (Å²) in [6, 6.07) is 5.22. The number of carbonyl (C=O) groups excluding carboxylic acids is 1. The van der Waals surface area contributed by atoms with Crippen LogP contribution in [0.25, 0.3) is 0 Å². The molecule has 0 aliphatic carbocycles. The molecule has 0 heterocycles. The molecule has 0 amide bonds. The number of Topliss-reactive ketones (excluding diaryl/α,β-unsaturated/α-hetero) is 1. The van der Waals surface area contributed by atoms with Gasteiger partial charge in [0.15, 0.2) is 5.78 Å². The molecule has 2 nitrogen and oxygen atoms in total. The molecule has 1 atom stereocenters. The summed E-state index contributed by atoms with van der Waals surface area (Å²) >= 11 is 9.01. The van der Waals surface area contributed by atoms with Gasteiger partial charge in [0.2, 0.25) is 0 Å². The topological polar surface area (TPSA) is 26.3 Å². The van der Waals surface area contributed by atoms with E-state index in [1.807, 2.05) is 0 Å². The van der Waals surface area contributed by atoms with Crippen LogP contribution in [0.15, 0.2) is 22.7 Å². The van der Waals surface area contributed by atoms with Crippen molar-refractivity contribution >= 4 is 33.3 Å². The summed E-state index contributed by atoms with van der Waals surface area (Å²) < 4.78 is 5.76. The fourth-order valence-electron chi connectivity index (χ4n) is 1.03. The molecule has 4 heteroatoms. The monoisotopic (exact) mass is 276 g/mol. The second-order valence-electron chi connectivity index (χ2n) is 2.83. The summed E-state index contributed by atoms with van der Waals surface area (Å²) in [5.74, 6) is 0.534. The van der Waals surface area contributed by atoms with Crippen LogP contribution in [0.1, 0.15) is 17.3 Å². The van der Waals surface area contributed by atoms with Crippen molar-refractivity contribution in [1.82, 2.24) is 0 Å². The number of carbonyl (C=O) groups is 1. The summed E-state index contributed by atoms with van der Waals surface area (Å²) in [4.78, 5) is 11.6. The van der Waals surface area contributed by atoms with Gasteiger partial charge < -0.3 is 4.74 Å². The number of alkyl halides is 1. The van der Waals surface area contributed by atoms with Crippen molar-refractivity contribution < 1.29 is 9.53 Å². The van der Waals surface area contributed by atoms with Crippen molar-refractivity contribution in [3.05, 3.63) is 28.2 Å². The lowest BCUT2D eigenvalue weighted by molar-refractivity contribution is 0.0990. The lowest BCUT2D eigenvalue weighted by Gasteiger charge is -2.07.